The number of hydrogen-bond donors (Lipinski definition) is 2. The van der Waals surface area contributed by atoms with Crippen molar-refractivity contribution < 1.29 is 28.7 Å². The van der Waals surface area contributed by atoms with Gasteiger partial charge in [-0.2, -0.15) is 0 Å². The third-order valence-electron chi connectivity index (χ3n) is 7.97. The van der Waals surface area contributed by atoms with Gasteiger partial charge in [0.2, 0.25) is 11.8 Å². The minimum atomic E-state index is -1.12. The van der Waals surface area contributed by atoms with Crippen LogP contribution in [0.4, 0.5) is 4.79 Å². The molecular formula is C42H57N3O6. The van der Waals surface area contributed by atoms with Crippen LogP contribution in [0.5, 0.6) is 0 Å². The van der Waals surface area contributed by atoms with Crippen LogP contribution in [0.25, 0.3) is 0 Å². The van der Waals surface area contributed by atoms with Gasteiger partial charge in [0.25, 0.3) is 0 Å². The lowest BCUT2D eigenvalue weighted by atomic mass is 9.96. The Kier molecular flexibility index (Phi) is 14.8. The van der Waals surface area contributed by atoms with E-state index in [1.54, 1.807) is 46.4 Å². The molecule has 9 heteroatoms. The molecule has 0 fully saturated rings. The largest absolute Gasteiger partial charge is 0.458 e. The maximum atomic E-state index is 14.9. The molecule has 0 saturated heterocycles. The highest BCUT2D eigenvalue weighted by Crippen LogP contribution is 2.27. The van der Waals surface area contributed by atoms with Gasteiger partial charge in [-0.3, -0.25) is 9.59 Å². The van der Waals surface area contributed by atoms with E-state index in [9.17, 15) is 19.2 Å². The van der Waals surface area contributed by atoms with Gasteiger partial charge in [0.05, 0.1) is 0 Å². The number of aryl methyl sites for hydroxylation is 2. The monoisotopic (exact) mass is 699 g/mol. The molecule has 0 aliphatic heterocycles. The Morgan fingerprint density at radius 1 is 0.686 bits per heavy atom. The standard InChI is InChI=1S/C42H57N3O6/c1-10-11-18-23-45(38(47)34(27-31-19-14-12-15-20-31)44-40(49)51-42(7,8)9)36(33-25-29(2)24-30(3)26-33)37(46)43-35(39(48)50-41(4,5)6)28-32-21-16-13-17-22-32/h12-17,19-22,24-26,34-36H,10-11,18,23,27-28H2,1-9H3,(H,43,46)(H,44,49). The molecule has 3 aromatic rings. The Labute approximate surface area is 304 Å². The Morgan fingerprint density at radius 2 is 1.20 bits per heavy atom. The van der Waals surface area contributed by atoms with E-state index < -0.39 is 53.2 Å². The van der Waals surface area contributed by atoms with Crippen LogP contribution in [-0.2, 0) is 36.7 Å². The second-order valence-corrected chi connectivity index (χ2v) is 15.2. The van der Waals surface area contributed by atoms with Gasteiger partial charge in [0.1, 0.15) is 29.3 Å². The van der Waals surface area contributed by atoms with Gasteiger partial charge in [0.15, 0.2) is 0 Å². The zero-order valence-corrected chi connectivity index (χ0v) is 31.9. The number of nitrogens with zero attached hydrogens (tertiary/aromatic N) is 1. The van der Waals surface area contributed by atoms with Gasteiger partial charge in [-0.05, 0) is 78.5 Å². The van der Waals surface area contributed by atoms with Gasteiger partial charge in [0, 0.05) is 19.4 Å². The third-order valence-corrected chi connectivity index (χ3v) is 7.97. The van der Waals surface area contributed by atoms with Gasteiger partial charge in [-0.1, -0.05) is 110 Å². The molecule has 9 nitrogen and oxygen atoms in total. The highest BCUT2D eigenvalue weighted by molar-refractivity contribution is 5.94. The van der Waals surface area contributed by atoms with Crippen molar-refractivity contribution in [2.24, 2.45) is 0 Å². The first kappa shape index (κ1) is 40.8. The maximum absolute atomic E-state index is 14.9. The number of rotatable bonds is 15. The fourth-order valence-corrected chi connectivity index (χ4v) is 5.91. The zero-order valence-electron chi connectivity index (χ0n) is 31.9. The van der Waals surface area contributed by atoms with Gasteiger partial charge in [-0.15, -0.1) is 0 Å². The van der Waals surface area contributed by atoms with Crippen molar-refractivity contribution in [3.63, 3.8) is 0 Å². The maximum Gasteiger partial charge on any atom is 0.408 e. The minimum Gasteiger partial charge on any atom is -0.458 e. The molecule has 3 unspecified atom stereocenters. The lowest BCUT2D eigenvalue weighted by molar-refractivity contribution is -0.159. The lowest BCUT2D eigenvalue weighted by Crippen LogP contribution is -2.55. The van der Waals surface area contributed by atoms with E-state index in [4.69, 9.17) is 9.47 Å². The number of nitrogens with one attached hydrogen (secondary N) is 2. The van der Waals surface area contributed by atoms with Gasteiger partial charge >= 0.3 is 12.1 Å². The van der Waals surface area contributed by atoms with Crippen molar-refractivity contribution >= 4 is 23.9 Å². The van der Waals surface area contributed by atoms with Crippen LogP contribution < -0.4 is 10.6 Å². The van der Waals surface area contributed by atoms with Crippen molar-refractivity contribution in [1.29, 1.82) is 0 Å². The first-order chi connectivity index (χ1) is 24.0. The molecule has 3 aromatic carbocycles. The average Bonchev–Trinajstić information content (AvgIpc) is 3.02. The summed E-state index contributed by atoms with van der Waals surface area (Å²) in [6.07, 6.45) is 1.98. The Balaban J connectivity index is 2.14. The second kappa shape index (κ2) is 18.5. The summed E-state index contributed by atoms with van der Waals surface area (Å²) in [6.45, 7) is 16.8. The molecule has 276 valence electrons. The predicted octanol–water partition coefficient (Wildman–Crippen LogP) is 7.57. The highest BCUT2D eigenvalue weighted by Gasteiger charge is 2.38. The highest BCUT2D eigenvalue weighted by atomic mass is 16.6. The van der Waals surface area contributed by atoms with E-state index in [0.717, 1.165) is 35.1 Å². The lowest BCUT2D eigenvalue weighted by Gasteiger charge is -2.36. The molecule has 0 aromatic heterocycles. The molecule has 0 saturated carbocycles. The number of unbranched alkanes of at least 4 members (excludes halogenated alkanes) is 2. The number of hydrogen-bond acceptors (Lipinski definition) is 6. The molecule has 2 N–H and O–H groups in total. The fourth-order valence-electron chi connectivity index (χ4n) is 5.91. The number of ether oxygens (including phenoxy) is 2. The summed E-state index contributed by atoms with van der Waals surface area (Å²) in [5.41, 5.74) is 2.55. The third kappa shape index (κ3) is 13.9. The summed E-state index contributed by atoms with van der Waals surface area (Å²) in [5.74, 6) is -1.53. The molecule has 0 spiro atoms. The van der Waals surface area contributed by atoms with Crippen LogP contribution in [0.2, 0.25) is 0 Å². The van der Waals surface area contributed by atoms with E-state index >= 15 is 0 Å². The minimum absolute atomic E-state index is 0.179. The van der Waals surface area contributed by atoms with Crippen LogP contribution in [-0.4, -0.2) is 58.6 Å². The van der Waals surface area contributed by atoms with Crippen molar-refractivity contribution in [1.82, 2.24) is 15.5 Å². The number of esters is 1. The molecule has 0 aliphatic carbocycles. The molecule has 51 heavy (non-hydrogen) atoms. The van der Waals surface area contributed by atoms with Gasteiger partial charge in [-0.25, -0.2) is 9.59 Å². The van der Waals surface area contributed by atoms with Gasteiger partial charge < -0.3 is 25.0 Å². The molecule has 3 atom stereocenters. The summed E-state index contributed by atoms with van der Waals surface area (Å²) in [4.78, 5) is 58.1. The summed E-state index contributed by atoms with van der Waals surface area (Å²) < 4.78 is 11.4. The van der Waals surface area contributed by atoms with Crippen molar-refractivity contribution in [3.05, 3.63) is 107 Å². The Bertz CT molecular complexity index is 1570. The number of amides is 3. The number of carbonyl (C=O) groups is 4. The number of benzene rings is 3. The van der Waals surface area contributed by atoms with E-state index in [1.165, 1.54) is 0 Å². The van der Waals surface area contributed by atoms with Crippen molar-refractivity contribution in [3.8, 4) is 0 Å². The van der Waals surface area contributed by atoms with Crippen LogP contribution in [0.3, 0.4) is 0 Å². The SMILES string of the molecule is CCCCCN(C(=O)C(Cc1ccccc1)NC(=O)OC(C)(C)C)C(C(=O)NC(Cc1ccccc1)C(=O)OC(C)(C)C)c1cc(C)cc(C)c1. The molecule has 0 aliphatic rings. The predicted molar refractivity (Wildman–Crippen MR) is 201 cm³/mol. The molecule has 3 rings (SSSR count). The average molecular weight is 700 g/mol. The van der Waals surface area contributed by atoms with Crippen molar-refractivity contribution in [2.45, 2.75) is 124 Å². The Morgan fingerprint density at radius 3 is 1.69 bits per heavy atom. The first-order valence-corrected chi connectivity index (χ1v) is 17.9. The fraction of sp³-hybridized carbons (Fsp3) is 0.476. The van der Waals surface area contributed by atoms with E-state index in [1.807, 2.05) is 92.7 Å². The van der Waals surface area contributed by atoms with Crippen LogP contribution in [0, 0.1) is 13.8 Å². The normalized spacial score (nSPS) is 13.4. The molecule has 0 bridgehead atoms. The summed E-state index contributed by atoms with van der Waals surface area (Å²) in [7, 11) is 0. The van der Waals surface area contributed by atoms with Crippen LogP contribution >= 0.6 is 0 Å². The summed E-state index contributed by atoms with van der Waals surface area (Å²) >= 11 is 0. The quantitative estimate of drug-likeness (QED) is 0.125. The Hall–Kier alpha value is -4.66. The van der Waals surface area contributed by atoms with E-state index in [-0.39, 0.29) is 19.4 Å². The molecule has 0 heterocycles. The second-order valence-electron chi connectivity index (χ2n) is 15.2. The number of carbonyl (C=O) groups excluding carboxylic acids is 4. The zero-order chi connectivity index (χ0) is 37.8. The summed E-state index contributed by atoms with van der Waals surface area (Å²) in [6, 6.07) is 21.4. The molecule has 0 radical (unpaired) electrons. The van der Waals surface area contributed by atoms with Crippen molar-refractivity contribution in [2.75, 3.05) is 6.54 Å². The molecular weight excluding hydrogens is 642 g/mol. The smallest absolute Gasteiger partial charge is 0.408 e. The summed E-state index contributed by atoms with van der Waals surface area (Å²) in [5, 5.41) is 5.81. The first-order valence-electron chi connectivity index (χ1n) is 17.9. The van der Waals surface area contributed by atoms with E-state index in [2.05, 4.69) is 17.6 Å². The van der Waals surface area contributed by atoms with Crippen LogP contribution in [0.15, 0.2) is 78.9 Å². The topological polar surface area (TPSA) is 114 Å². The van der Waals surface area contributed by atoms with E-state index in [0.29, 0.717) is 12.0 Å². The number of alkyl carbamates (subject to hydrolysis) is 1. The molecule has 3 amide bonds. The van der Waals surface area contributed by atoms with Crippen LogP contribution in [0.1, 0.15) is 102 Å².